The normalized spacial score (nSPS) is 11.6. The van der Waals surface area contributed by atoms with Crippen LogP contribution >= 0.6 is 0 Å². The Balaban J connectivity index is 2.09. The number of ether oxygens (including phenoxy) is 1. The van der Waals surface area contributed by atoms with E-state index in [2.05, 4.69) is 37.3 Å². The lowest BCUT2D eigenvalue weighted by Crippen LogP contribution is -1.89. The quantitative estimate of drug-likeness (QED) is 0.493. The molecule has 86 valence electrons. The molecule has 0 amide bonds. The summed E-state index contributed by atoms with van der Waals surface area (Å²) < 4.78 is 5.43. The van der Waals surface area contributed by atoms with Gasteiger partial charge in [-0.2, -0.15) is 0 Å². The van der Waals surface area contributed by atoms with Crippen LogP contribution < -0.4 is 0 Å². The van der Waals surface area contributed by atoms with E-state index in [-0.39, 0.29) is 0 Å². The van der Waals surface area contributed by atoms with Crippen molar-refractivity contribution in [2.75, 3.05) is 13.2 Å². The molecule has 0 aliphatic rings. The van der Waals surface area contributed by atoms with Gasteiger partial charge in [-0.25, -0.2) is 0 Å². The Hall–Kier alpha value is -1.34. The third-order valence-corrected chi connectivity index (χ3v) is 2.16. The molecule has 0 aliphatic carbocycles. The maximum atomic E-state index is 5.43. The highest BCUT2D eigenvalue weighted by molar-refractivity contribution is 5.48. The molecule has 0 N–H and O–H groups in total. The summed E-state index contributed by atoms with van der Waals surface area (Å²) in [5.74, 6) is 0. The fraction of sp³-hybridized carbons (Fsp3) is 0.333. The van der Waals surface area contributed by atoms with E-state index in [0.29, 0.717) is 13.2 Å². The topological polar surface area (TPSA) is 9.23 Å². The molecule has 1 aromatic rings. The number of hydrogen-bond acceptors (Lipinski definition) is 1. The first-order chi connectivity index (χ1) is 7.93. The number of allylic oxidation sites excluding steroid dienone is 1. The lowest BCUT2D eigenvalue weighted by atomic mass is 10.2. The Morgan fingerprint density at radius 2 is 1.75 bits per heavy atom. The summed E-state index contributed by atoms with van der Waals surface area (Å²) in [4.78, 5) is 0. The highest BCUT2D eigenvalue weighted by Crippen LogP contribution is 2.00. The molecular formula is C15H20O. The maximum Gasteiger partial charge on any atom is 0.0654 e. The van der Waals surface area contributed by atoms with Crippen molar-refractivity contribution in [1.29, 1.82) is 0 Å². The molecule has 0 fully saturated rings. The van der Waals surface area contributed by atoms with Gasteiger partial charge in [-0.1, -0.05) is 68.0 Å². The van der Waals surface area contributed by atoms with Crippen LogP contribution in [0.3, 0.4) is 0 Å². The minimum absolute atomic E-state index is 0.672. The van der Waals surface area contributed by atoms with Crippen LogP contribution in [0.25, 0.3) is 6.08 Å². The van der Waals surface area contributed by atoms with Crippen molar-refractivity contribution in [3.63, 3.8) is 0 Å². The molecule has 0 radical (unpaired) electrons. The van der Waals surface area contributed by atoms with Crippen LogP contribution in [-0.4, -0.2) is 13.2 Å². The zero-order valence-corrected chi connectivity index (χ0v) is 9.93. The van der Waals surface area contributed by atoms with Gasteiger partial charge in [0, 0.05) is 0 Å². The Labute approximate surface area is 98.5 Å². The zero-order chi connectivity index (χ0) is 11.5. The predicted molar refractivity (Wildman–Crippen MR) is 70.3 cm³/mol. The fourth-order valence-corrected chi connectivity index (χ4v) is 1.31. The van der Waals surface area contributed by atoms with Crippen LogP contribution in [0.15, 0.2) is 48.6 Å². The molecule has 0 atom stereocenters. The summed E-state index contributed by atoms with van der Waals surface area (Å²) in [5.41, 5.74) is 1.22. The van der Waals surface area contributed by atoms with E-state index in [1.807, 2.05) is 24.3 Å². The van der Waals surface area contributed by atoms with E-state index in [1.165, 1.54) is 12.0 Å². The van der Waals surface area contributed by atoms with Gasteiger partial charge in [-0.05, 0) is 12.0 Å². The standard InChI is InChI=1S/C15H20O/c1-2-3-4-8-13-16-14-9-12-15-10-6-5-7-11-15/h4-12H,2-3,13-14H2,1H3/b8-4-,12-9+. The van der Waals surface area contributed by atoms with Crippen molar-refractivity contribution in [1.82, 2.24) is 0 Å². The number of unbranched alkanes of at least 4 members (excludes halogenated alkanes) is 1. The predicted octanol–water partition coefficient (Wildman–Crippen LogP) is 4.07. The van der Waals surface area contributed by atoms with Crippen LogP contribution in [0.2, 0.25) is 0 Å². The van der Waals surface area contributed by atoms with Crippen molar-refractivity contribution in [3.8, 4) is 0 Å². The summed E-state index contributed by atoms with van der Waals surface area (Å²) in [5, 5.41) is 0. The van der Waals surface area contributed by atoms with E-state index in [4.69, 9.17) is 4.74 Å². The molecule has 0 spiro atoms. The van der Waals surface area contributed by atoms with Gasteiger partial charge in [-0.15, -0.1) is 0 Å². The fourth-order valence-electron chi connectivity index (χ4n) is 1.31. The average Bonchev–Trinajstić information content (AvgIpc) is 2.34. The maximum absolute atomic E-state index is 5.43. The summed E-state index contributed by atoms with van der Waals surface area (Å²) in [7, 11) is 0. The van der Waals surface area contributed by atoms with Crippen LogP contribution in [0.5, 0.6) is 0 Å². The van der Waals surface area contributed by atoms with Crippen molar-refractivity contribution in [3.05, 3.63) is 54.1 Å². The van der Waals surface area contributed by atoms with E-state index in [0.717, 1.165) is 6.42 Å². The van der Waals surface area contributed by atoms with Gasteiger partial charge in [0.1, 0.15) is 0 Å². The van der Waals surface area contributed by atoms with Gasteiger partial charge in [-0.3, -0.25) is 0 Å². The summed E-state index contributed by atoms with van der Waals surface area (Å²) in [6.07, 6.45) is 10.7. The summed E-state index contributed by atoms with van der Waals surface area (Å²) in [6.45, 7) is 3.55. The number of benzene rings is 1. The monoisotopic (exact) mass is 216 g/mol. The number of rotatable bonds is 7. The molecule has 0 saturated carbocycles. The molecule has 0 bridgehead atoms. The van der Waals surface area contributed by atoms with Gasteiger partial charge in [0.2, 0.25) is 0 Å². The lowest BCUT2D eigenvalue weighted by Gasteiger charge is -1.95. The van der Waals surface area contributed by atoms with E-state index in [9.17, 15) is 0 Å². The largest absolute Gasteiger partial charge is 0.373 e. The second kappa shape index (κ2) is 8.93. The molecule has 1 rings (SSSR count). The highest BCUT2D eigenvalue weighted by atomic mass is 16.5. The molecule has 0 heterocycles. The zero-order valence-electron chi connectivity index (χ0n) is 9.93. The molecule has 0 saturated heterocycles. The Kier molecular flexibility index (Phi) is 7.10. The van der Waals surface area contributed by atoms with Crippen LogP contribution in [0.4, 0.5) is 0 Å². The van der Waals surface area contributed by atoms with Crippen molar-refractivity contribution in [2.45, 2.75) is 19.8 Å². The molecule has 0 aliphatic heterocycles. The Morgan fingerprint density at radius 3 is 2.50 bits per heavy atom. The minimum atomic E-state index is 0.672. The smallest absolute Gasteiger partial charge is 0.0654 e. The molecule has 0 aromatic heterocycles. The van der Waals surface area contributed by atoms with Crippen molar-refractivity contribution < 1.29 is 4.74 Å². The first-order valence-electron chi connectivity index (χ1n) is 5.88. The van der Waals surface area contributed by atoms with Crippen molar-refractivity contribution in [2.24, 2.45) is 0 Å². The SMILES string of the molecule is CCC/C=C\COC/C=C/c1ccccc1. The first kappa shape index (κ1) is 12.7. The minimum Gasteiger partial charge on any atom is -0.373 e. The first-order valence-corrected chi connectivity index (χ1v) is 5.88. The van der Waals surface area contributed by atoms with Crippen molar-refractivity contribution >= 4 is 6.08 Å². The van der Waals surface area contributed by atoms with Crippen LogP contribution in [0.1, 0.15) is 25.3 Å². The second-order valence-electron chi connectivity index (χ2n) is 3.61. The second-order valence-corrected chi connectivity index (χ2v) is 3.61. The highest BCUT2D eigenvalue weighted by Gasteiger charge is 1.82. The molecule has 1 aromatic carbocycles. The Morgan fingerprint density at radius 1 is 1.00 bits per heavy atom. The molecule has 0 unspecified atom stereocenters. The molecule has 1 nitrogen and oxygen atoms in total. The van der Waals surface area contributed by atoms with Gasteiger partial charge < -0.3 is 4.74 Å². The summed E-state index contributed by atoms with van der Waals surface area (Å²) >= 11 is 0. The third-order valence-electron chi connectivity index (χ3n) is 2.16. The van der Waals surface area contributed by atoms with Gasteiger partial charge in [0.25, 0.3) is 0 Å². The van der Waals surface area contributed by atoms with Gasteiger partial charge in [0.05, 0.1) is 13.2 Å². The average molecular weight is 216 g/mol. The van der Waals surface area contributed by atoms with E-state index >= 15 is 0 Å². The number of hydrogen-bond donors (Lipinski definition) is 0. The van der Waals surface area contributed by atoms with E-state index < -0.39 is 0 Å². The van der Waals surface area contributed by atoms with E-state index in [1.54, 1.807) is 0 Å². The van der Waals surface area contributed by atoms with Gasteiger partial charge in [0.15, 0.2) is 0 Å². The van der Waals surface area contributed by atoms with Crippen LogP contribution in [0, 0.1) is 0 Å². The lowest BCUT2D eigenvalue weighted by molar-refractivity contribution is 0.194. The Bertz CT molecular complexity index is 311. The third kappa shape index (κ3) is 6.20. The summed E-state index contributed by atoms with van der Waals surface area (Å²) in [6, 6.07) is 10.3. The molecule has 1 heteroatoms. The van der Waals surface area contributed by atoms with Crippen LogP contribution in [-0.2, 0) is 4.74 Å². The van der Waals surface area contributed by atoms with Gasteiger partial charge >= 0.3 is 0 Å². The molecule has 16 heavy (non-hydrogen) atoms. The molecular weight excluding hydrogens is 196 g/mol.